The Morgan fingerprint density at radius 1 is 0.955 bits per heavy atom. The van der Waals surface area contributed by atoms with E-state index in [2.05, 4.69) is 15.4 Å². The summed E-state index contributed by atoms with van der Waals surface area (Å²) >= 11 is 0. The van der Waals surface area contributed by atoms with Gasteiger partial charge in [0.1, 0.15) is 5.69 Å². The van der Waals surface area contributed by atoms with E-state index in [-0.39, 0.29) is 11.2 Å². The van der Waals surface area contributed by atoms with E-state index in [0.29, 0.717) is 5.82 Å². The first-order chi connectivity index (χ1) is 10.8. The number of anilines is 4. The van der Waals surface area contributed by atoms with Crippen LogP contribution in [0.1, 0.15) is 0 Å². The Hall–Kier alpha value is -3.28. The fraction of sp³-hybridized carbons (Fsp3) is 0. The number of benzene rings is 2. The summed E-state index contributed by atoms with van der Waals surface area (Å²) in [6.07, 6.45) is 1.31. The molecule has 3 rings (SSSR count). The molecule has 3 aromatic rings. The molecule has 1 aromatic heterocycles. The number of aromatic nitrogens is 2. The Balaban J connectivity index is 2.03. The van der Waals surface area contributed by atoms with Gasteiger partial charge in [-0.3, -0.25) is 15.2 Å². The quantitative estimate of drug-likeness (QED) is 0.643. The van der Waals surface area contributed by atoms with Crippen LogP contribution < -0.4 is 21.7 Å². The molecule has 2 aromatic carbocycles. The van der Waals surface area contributed by atoms with Gasteiger partial charge in [0, 0.05) is 0 Å². The van der Waals surface area contributed by atoms with Crippen LogP contribution >= 0.6 is 0 Å². The van der Waals surface area contributed by atoms with Gasteiger partial charge in [-0.05, 0) is 24.3 Å². The predicted molar refractivity (Wildman–Crippen MR) is 87.9 cm³/mol. The van der Waals surface area contributed by atoms with Crippen LogP contribution in [0.2, 0.25) is 0 Å². The molecule has 0 atom stereocenters. The molecular weight excluding hydrogens is 278 g/mol. The number of para-hydroxylation sites is 2. The number of H-pyrrole nitrogens is 1. The molecule has 0 aliphatic carbocycles. The maximum atomic E-state index is 11.6. The van der Waals surface area contributed by atoms with Crippen LogP contribution in [0.4, 0.5) is 22.9 Å². The van der Waals surface area contributed by atoms with Crippen molar-refractivity contribution < 1.29 is 0 Å². The first kappa shape index (κ1) is 13.7. The molecule has 0 bridgehead atoms. The molecule has 0 aliphatic heterocycles. The monoisotopic (exact) mass is 293 g/mol. The molecule has 0 amide bonds. The number of nitrogens with one attached hydrogen (secondary N) is 2. The number of aromatic amines is 1. The summed E-state index contributed by atoms with van der Waals surface area (Å²) in [5, 5.41) is 1.82. The van der Waals surface area contributed by atoms with Crippen molar-refractivity contribution in [1.29, 1.82) is 0 Å². The molecule has 0 radical (unpaired) electrons. The van der Waals surface area contributed by atoms with Gasteiger partial charge in [0.2, 0.25) is 0 Å². The van der Waals surface area contributed by atoms with Gasteiger partial charge in [0.25, 0.3) is 5.56 Å². The van der Waals surface area contributed by atoms with E-state index in [1.54, 1.807) is 0 Å². The van der Waals surface area contributed by atoms with Gasteiger partial charge >= 0.3 is 0 Å². The second-order valence-electron chi connectivity index (χ2n) is 4.61. The number of rotatable bonds is 4. The molecule has 1 heterocycles. The Labute approximate surface area is 127 Å². The van der Waals surface area contributed by atoms with Crippen molar-refractivity contribution in [3.63, 3.8) is 0 Å². The summed E-state index contributed by atoms with van der Waals surface area (Å²) in [6, 6.07) is 19.4. The van der Waals surface area contributed by atoms with Crippen molar-refractivity contribution in [2.24, 2.45) is 0 Å². The largest absolute Gasteiger partial charge is 0.391 e. The van der Waals surface area contributed by atoms with Crippen LogP contribution in [0, 0.1) is 0 Å². The van der Waals surface area contributed by atoms with E-state index >= 15 is 0 Å². The van der Waals surface area contributed by atoms with Crippen molar-refractivity contribution in [1.82, 2.24) is 9.97 Å². The SMILES string of the molecule is Nc1c(NN(c2ccccc2)c2ccccc2)nc[nH]c1=O. The Bertz CT molecular complexity index is 762. The van der Waals surface area contributed by atoms with E-state index < -0.39 is 0 Å². The topological polar surface area (TPSA) is 87.0 Å². The Kier molecular flexibility index (Phi) is 3.74. The second-order valence-corrected chi connectivity index (χ2v) is 4.61. The maximum Gasteiger partial charge on any atom is 0.276 e. The van der Waals surface area contributed by atoms with Crippen LogP contribution in [0.3, 0.4) is 0 Å². The zero-order valence-electron chi connectivity index (χ0n) is 11.7. The van der Waals surface area contributed by atoms with Gasteiger partial charge < -0.3 is 10.7 Å². The van der Waals surface area contributed by atoms with Crippen molar-refractivity contribution in [3.8, 4) is 0 Å². The standard InChI is InChI=1S/C16H15N5O/c17-14-15(18-11-19-16(14)22)20-21(12-7-3-1-4-8-12)13-9-5-2-6-10-13/h1-11H,17H2,(H2,18,19,20,22). The molecule has 0 unspecified atom stereocenters. The first-order valence-corrected chi connectivity index (χ1v) is 6.76. The Morgan fingerprint density at radius 2 is 1.50 bits per heavy atom. The highest BCUT2D eigenvalue weighted by molar-refractivity contribution is 5.70. The predicted octanol–water partition coefficient (Wildman–Crippen LogP) is 2.52. The lowest BCUT2D eigenvalue weighted by molar-refractivity contribution is 1.07. The molecule has 0 saturated carbocycles. The number of hydrogen-bond acceptors (Lipinski definition) is 5. The number of hydrazine groups is 1. The smallest absolute Gasteiger partial charge is 0.276 e. The minimum Gasteiger partial charge on any atom is -0.391 e. The average molecular weight is 293 g/mol. The van der Waals surface area contributed by atoms with E-state index in [1.807, 2.05) is 65.7 Å². The van der Waals surface area contributed by atoms with Crippen molar-refractivity contribution in [3.05, 3.63) is 77.3 Å². The highest BCUT2D eigenvalue weighted by Gasteiger charge is 2.12. The number of nitrogen functional groups attached to an aromatic ring is 1. The number of nitrogens with two attached hydrogens (primary N) is 1. The molecule has 110 valence electrons. The minimum absolute atomic E-state index is 0.0411. The lowest BCUT2D eigenvalue weighted by Crippen LogP contribution is -2.27. The third kappa shape index (κ3) is 2.76. The average Bonchev–Trinajstić information content (AvgIpc) is 2.58. The molecule has 0 spiro atoms. The van der Waals surface area contributed by atoms with E-state index in [9.17, 15) is 4.79 Å². The Morgan fingerprint density at radius 3 is 2.05 bits per heavy atom. The summed E-state index contributed by atoms with van der Waals surface area (Å²) in [4.78, 5) is 18.2. The molecule has 0 saturated heterocycles. The molecule has 4 N–H and O–H groups in total. The third-order valence-corrected chi connectivity index (χ3v) is 3.14. The lowest BCUT2D eigenvalue weighted by atomic mass is 10.2. The molecule has 6 heteroatoms. The molecule has 22 heavy (non-hydrogen) atoms. The molecular formula is C16H15N5O. The van der Waals surface area contributed by atoms with Crippen LogP contribution in [-0.4, -0.2) is 9.97 Å². The van der Waals surface area contributed by atoms with Gasteiger partial charge in [0.05, 0.1) is 17.7 Å². The summed E-state index contributed by atoms with van der Waals surface area (Å²) in [5.41, 5.74) is 10.4. The third-order valence-electron chi connectivity index (χ3n) is 3.14. The van der Waals surface area contributed by atoms with Crippen LogP contribution in [-0.2, 0) is 0 Å². The second kappa shape index (κ2) is 6.01. The van der Waals surface area contributed by atoms with Crippen LogP contribution in [0.5, 0.6) is 0 Å². The van der Waals surface area contributed by atoms with Crippen LogP contribution in [0.15, 0.2) is 71.8 Å². The van der Waals surface area contributed by atoms with Crippen molar-refractivity contribution in [2.45, 2.75) is 0 Å². The van der Waals surface area contributed by atoms with Crippen molar-refractivity contribution >= 4 is 22.9 Å². The molecule has 6 nitrogen and oxygen atoms in total. The summed E-state index contributed by atoms with van der Waals surface area (Å²) in [7, 11) is 0. The fourth-order valence-electron chi connectivity index (χ4n) is 2.04. The van der Waals surface area contributed by atoms with Gasteiger partial charge in [-0.1, -0.05) is 36.4 Å². The summed E-state index contributed by atoms with van der Waals surface area (Å²) < 4.78 is 0. The molecule has 0 aliphatic rings. The van der Waals surface area contributed by atoms with E-state index in [4.69, 9.17) is 5.73 Å². The van der Waals surface area contributed by atoms with Gasteiger partial charge in [-0.25, -0.2) is 4.98 Å². The maximum absolute atomic E-state index is 11.6. The molecule has 0 fully saturated rings. The van der Waals surface area contributed by atoms with Gasteiger partial charge in [-0.2, -0.15) is 0 Å². The fourth-order valence-corrected chi connectivity index (χ4v) is 2.04. The van der Waals surface area contributed by atoms with Gasteiger partial charge in [0.15, 0.2) is 5.82 Å². The minimum atomic E-state index is -0.376. The van der Waals surface area contributed by atoms with E-state index in [0.717, 1.165) is 11.4 Å². The van der Waals surface area contributed by atoms with Crippen molar-refractivity contribution in [2.75, 3.05) is 16.2 Å². The normalized spacial score (nSPS) is 10.2. The zero-order chi connectivity index (χ0) is 15.4. The first-order valence-electron chi connectivity index (χ1n) is 6.76. The van der Waals surface area contributed by atoms with E-state index in [1.165, 1.54) is 6.33 Å². The highest BCUT2D eigenvalue weighted by atomic mass is 16.1. The lowest BCUT2D eigenvalue weighted by Gasteiger charge is -2.26. The highest BCUT2D eigenvalue weighted by Crippen LogP contribution is 2.25. The summed E-state index contributed by atoms with van der Waals surface area (Å²) in [5.74, 6) is 0.302. The van der Waals surface area contributed by atoms with Crippen LogP contribution in [0.25, 0.3) is 0 Å². The zero-order valence-corrected chi connectivity index (χ0v) is 11.7. The summed E-state index contributed by atoms with van der Waals surface area (Å²) in [6.45, 7) is 0. The number of hydrogen-bond donors (Lipinski definition) is 3. The number of nitrogens with zero attached hydrogens (tertiary/aromatic N) is 2. The van der Waals surface area contributed by atoms with Gasteiger partial charge in [-0.15, -0.1) is 0 Å².